The van der Waals surface area contributed by atoms with E-state index in [1.807, 2.05) is 0 Å². The van der Waals surface area contributed by atoms with E-state index >= 15 is 0 Å². The van der Waals surface area contributed by atoms with Crippen LogP contribution in [0.5, 0.6) is 0 Å². The number of rotatable bonds is 9. The van der Waals surface area contributed by atoms with E-state index in [-0.39, 0.29) is 12.5 Å². The summed E-state index contributed by atoms with van der Waals surface area (Å²) >= 11 is 0. The predicted octanol–water partition coefficient (Wildman–Crippen LogP) is 0.440. The van der Waals surface area contributed by atoms with Gasteiger partial charge in [-0.15, -0.1) is 0 Å². The molecule has 1 aromatic rings. The molecule has 0 saturated carbocycles. The average Bonchev–Trinajstić information content (AvgIpc) is 2.64. The first kappa shape index (κ1) is 19.8. The summed E-state index contributed by atoms with van der Waals surface area (Å²) in [6.07, 6.45) is 1.51. The van der Waals surface area contributed by atoms with Gasteiger partial charge in [-0.1, -0.05) is 18.2 Å². The third kappa shape index (κ3) is 6.07. The molecule has 2 rings (SSSR count). The first-order valence-corrected chi connectivity index (χ1v) is 9.99. The Labute approximate surface area is 149 Å². The van der Waals surface area contributed by atoms with Gasteiger partial charge in [-0.05, 0) is 30.9 Å². The molecule has 1 aliphatic heterocycles. The Kier molecular flexibility index (Phi) is 7.83. The van der Waals surface area contributed by atoms with Gasteiger partial charge in [-0.2, -0.15) is 4.31 Å². The molecule has 1 saturated heterocycles. The number of sulfonamides is 1. The SMILES string of the molecule is COCCNCC(=O)NCC1CCN(S(=O)(=O)c2ccccc2)CC1. The molecule has 0 unspecified atom stereocenters. The Morgan fingerprint density at radius 3 is 2.56 bits per heavy atom. The van der Waals surface area contributed by atoms with Crippen molar-refractivity contribution in [3.05, 3.63) is 30.3 Å². The topological polar surface area (TPSA) is 87.7 Å². The van der Waals surface area contributed by atoms with E-state index < -0.39 is 10.0 Å². The zero-order valence-electron chi connectivity index (χ0n) is 14.6. The molecule has 1 amide bonds. The van der Waals surface area contributed by atoms with E-state index in [2.05, 4.69) is 10.6 Å². The maximum Gasteiger partial charge on any atom is 0.243 e. The summed E-state index contributed by atoms with van der Waals surface area (Å²) in [5.41, 5.74) is 0. The van der Waals surface area contributed by atoms with Crippen molar-refractivity contribution in [2.45, 2.75) is 17.7 Å². The largest absolute Gasteiger partial charge is 0.383 e. The van der Waals surface area contributed by atoms with Crippen molar-refractivity contribution in [3.8, 4) is 0 Å². The molecule has 0 spiro atoms. The molecular weight excluding hydrogens is 342 g/mol. The second-order valence-corrected chi connectivity index (χ2v) is 8.07. The molecule has 1 heterocycles. The number of nitrogens with one attached hydrogen (secondary N) is 2. The van der Waals surface area contributed by atoms with E-state index in [1.54, 1.807) is 37.4 Å². The summed E-state index contributed by atoms with van der Waals surface area (Å²) in [6, 6.07) is 8.51. The normalized spacial score (nSPS) is 16.7. The molecule has 2 N–H and O–H groups in total. The summed E-state index contributed by atoms with van der Waals surface area (Å²) in [6.45, 7) is 3.05. The predicted molar refractivity (Wildman–Crippen MR) is 95.7 cm³/mol. The van der Waals surface area contributed by atoms with Gasteiger partial charge in [0.05, 0.1) is 18.0 Å². The highest BCUT2D eigenvalue weighted by atomic mass is 32.2. The lowest BCUT2D eigenvalue weighted by atomic mass is 9.98. The molecule has 0 bridgehead atoms. The number of hydrogen-bond acceptors (Lipinski definition) is 5. The van der Waals surface area contributed by atoms with Gasteiger partial charge in [0.1, 0.15) is 0 Å². The van der Waals surface area contributed by atoms with Crippen LogP contribution in [-0.2, 0) is 19.6 Å². The Hall–Kier alpha value is -1.48. The van der Waals surface area contributed by atoms with Gasteiger partial charge in [0.25, 0.3) is 0 Å². The highest BCUT2D eigenvalue weighted by Crippen LogP contribution is 2.23. The van der Waals surface area contributed by atoms with Crippen LogP contribution in [0.25, 0.3) is 0 Å². The maximum absolute atomic E-state index is 12.6. The number of piperidine rings is 1. The van der Waals surface area contributed by atoms with Gasteiger partial charge >= 0.3 is 0 Å². The van der Waals surface area contributed by atoms with Crippen molar-refractivity contribution >= 4 is 15.9 Å². The number of amides is 1. The fraction of sp³-hybridized carbons (Fsp3) is 0.588. The van der Waals surface area contributed by atoms with Crippen LogP contribution >= 0.6 is 0 Å². The maximum atomic E-state index is 12.6. The second-order valence-electron chi connectivity index (χ2n) is 6.13. The Bertz CT molecular complexity index is 629. The van der Waals surface area contributed by atoms with E-state index in [1.165, 1.54) is 4.31 Å². The zero-order valence-corrected chi connectivity index (χ0v) is 15.4. The van der Waals surface area contributed by atoms with Crippen molar-refractivity contribution in [3.63, 3.8) is 0 Å². The van der Waals surface area contributed by atoms with E-state index in [0.29, 0.717) is 43.6 Å². The van der Waals surface area contributed by atoms with Gasteiger partial charge in [0.15, 0.2) is 0 Å². The molecule has 0 aliphatic carbocycles. The molecule has 1 aliphatic rings. The lowest BCUT2D eigenvalue weighted by Gasteiger charge is -2.31. The summed E-state index contributed by atoms with van der Waals surface area (Å²) in [5, 5.41) is 5.90. The number of hydrogen-bond donors (Lipinski definition) is 2. The fourth-order valence-corrected chi connectivity index (χ4v) is 4.28. The van der Waals surface area contributed by atoms with Crippen LogP contribution in [0.2, 0.25) is 0 Å². The van der Waals surface area contributed by atoms with E-state index in [9.17, 15) is 13.2 Å². The molecule has 8 heteroatoms. The van der Waals surface area contributed by atoms with Crippen molar-refractivity contribution in [2.24, 2.45) is 5.92 Å². The first-order chi connectivity index (χ1) is 12.0. The summed E-state index contributed by atoms with van der Waals surface area (Å²) in [4.78, 5) is 12.1. The molecule has 140 valence electrons. The highest BCUT2D eigenvalue weighted by Gasteiger charge is 2.29. The number of carbonyl (C=O) groups is 1. The van der Waals surface area contributed by atoms with Crippen LogP contribution in [0.3, 0.4) is 0 Å². The summed E-state index contributed by atoms with van der Waals surface area (Å²) in [5.74, 6) is 0.264. The minimum Gasteiger partial charge on any atom is -0.383 e. The van der Waals surface area contributed by atoms with E-state index in [0.717, 1.165) is 12.8 Å². The van der Waals surface area contributed by atoms with Crippen molar-refractivity contribution in [1.29, 1.82) is 0 Å². The smallest absolute Gasteiger partial charge is 0.243 e. The van der Waals surface area contributed by atoms with Crippen molar-refractivity contribution < 1.29 is 17.9 Å². The third-order valence-electron chi connectivity index (χ3n) is 4.31. The molecule has 1 fully saturated rings. The number of nitrogens with zero attached hydrogens (tertiary/aromatic N) is 1. The van der Waals surface area contributed by atoms with Gasteiger partial charge in [-0.3, -0.25) is 4.79 Å². The Morgan fingerprint density at radius 2 is 1.92 bits per heavy atom. The van der Waals surface area contributed by atoms with Gasteiger partial charge in [-0.25, -0.2) is 8.42 Å². The number of carbonyl (C=O) groups excluding carboxylic acids is 1. The van der Waals surface area contributed by atoms with Crippen molar-refractivity contribution in [2.75, 3.05) is 46.4 Å². The summed E-state index contributed by atoms with van der Waals surface area (Å²) < 4.78 is 31.6. The third-order valence-corrected chi connectivity index (χ3v) is 6.22. The molecule has 0 atom stereocenters. The monoisotopic (exact) mass is 369 g/mol. The van der Waals surface area contributed by atoms with Crippen LogP contribution < -0.4 is 10.6 Å². The molecule has 25 heavy (non-hydrogen) atoms. The van der Waals surface area contributed by atoms with E-state index in [4.69, 9.17) is 4.74 Å². The molecular formula is C17H27N3O4S. The number of methoxy groups -OCH3 is 1. The molecule has 7 nitrogen and oxygen atoms in total. The number of ether oxygens (including phenoxy) is 1. The van der Waals surface area contributed by atoms with Gasteiger partial charge < -0.3 is 15.4 Å². The average molecular weight is 369 g/mol. The Morgan fingerprint density at radius 1 is 1.24 bits per heavy atom. The molecule has 1 aromatic carbocycles. The van der Waals surface area contributed by atoms with Crippen LogP contribution in [0, 0.1) is 5.92 Å². The van der Waals surface area contributed by atoms with Crippen LogP contribution in [-0.4, -0.2) is 65.1 Å². The van der Waals surface area contributed by atoms with Gasteiger partial charge in [0, 0.05) is 33.3 Å². The highest BCUT2D eigenvalue weighted by molar-refractivity contribution is 7.89. The Balaban J connectivity index is 1.72. The standard InChI is InChI=1S/C17H27N3O4S/c1-24-12-9-18-14-17(21)19-13-15-7-10-20(11-8-15)25(22,23)16-5-3-2-4-6-16/h2-6,15,18H,7-14H2,1H3,(H,19,21). The lowest BCUT2D eigenvalue weighted by Crippen LogP contribution is -2.43. The lowest BCUT2D eigenvalue weighted by molar-refractivity contribution is -0.120. The molecule has 0 radical (unpaired) electrons. The second kappa shape index (κ2) is 9.86. The van der Waals surface area contributed by atoms with Crippen LogP contribution in [0.15, 0.2) is 35.2 Å². The number of benzene rings is 1. The fourth-order valence-electron chi connectivity index (χ4n) is 2.79. The quantitative estimate of drug-likeness (QED) is 0.617. The minimum atomic E-state index is -3.41. The van der Waals surface area contributed by atoms with Crippen LogP contribution in [0.4, 0.5) is 0 Å². The van der Waals surface area contributed by atoms with Crippen LogP contribution in [0.1, 0.15) is 12.8 Å². The molecule has 0 aromatic heterocycles. The van der Waals surface area contributed by atoms with Gasteiger partial charge in [0.2, 0.25) is 15.9 Å². The minimum absolute atomic E-state index is 0.0459. The first-order valence-electron chi connectivity index (χ1n) is 8.55. The summed E-state index contributed by atoms with van der Waals surface area (Å²) in [7, 11) is -1.79. The van der Waals surface area contributed by atoms with Crippen molar-refractivity contribution in [1.82, 2.24) is 14.9 Å². The zero-order chi connectivity index (χ0) is 18.1.